The van der Waals surface area contributed by atoms with Crippen molar-refractivity contribution < 1.29 is 9.59 Å². The number of nitrogens with one attached hydrogen (secondary N) is 2. The Morgan fingerprint density at radius 3 is 2.45 bits per heavy atom. The van der Waals surface area contributed by atoms with E-state index >= 15 is 0 Å². The van der Waals surface area contributed by atoms with E-state index in [1.807, 2.05) is 25.1 Å². The van der Waals surface area contributed by atoms with Crippen LogP contribution in [0.4, 0.5) is 11.4 Å². The fraction of sp³-hybridized carbons (Fsp3) is 0.500. The van der Waals surface area contributed by atoms with E-state index in [2.05, 4.69) is 10.6 Å². The first-order chi connectivity index (χ1) is 9.52. The zero-order chi connectivity index (χ0) is 14.3. The van der Waals surface area contributed by atoms with Crippen LogP contribution < -0.4 is 10.6 Å². The van der Waals surface area contributed by atoms with Crippen LogP contribution in [-0.4, -0.2) is 11.8 Å². The fourth-order valence-electron chi connectivity index (χ4n) is 3.20. The van der Waals surface area contributed by atoms with Gasteiger partial charge >= 0.3 is 0 Å². The molecule has 4 nitrogen and oxygen atoms in total. The third-order valence-corrected chi connectivity index (χ3v) is 4.43. The van der Waals surface area contributed by atoms with Gasteiger partial charge in [0, 0.05) is 24.2 Å². The average molecular weight is 272 g/mol. The van der Waals surface area contributed by atoms with Crippen molar-refractivity contribution in [2.45, 2.75) is 33.1 Å². The van der Waals surface area contributed by atoms with E-state index in [1.54, 1.807) is 0 Å². The van der Waals surface area contributed by atoms with Crippen molar-refractivity contribution >= 4 is 23.2 Å². The third-order valence-electron chi connectivity index (χ3n) is 4.43. The van der Waals surface area contributed by atoms with Crippen LogP contribution in [0.5, 0.6) is 0 Å². The van der Waals surface area contributed by atoms with Crippen molar-refractivity contribution in [2.24, 2.45) is 17.8 Å². The maximum absolute atomic E-state index is 12.2. The van der Waals surface area contributed by atoms with Crippen LogP contribution in [0, 0.1) is 24.7 Å². The summed E-state index contributed by atoms with van der Waals surface area (Å²) in [7, 11) is 0. The van der Waals surface area contributed by atoms with Gasteiger partial charge in [-0.25, -0.2) is 0 Å². The zero-order valence-electron chi connectivity index (χ0n) is 11.9. The molecule has 4 heteroatoms. The van der Waals surface area contributed by atoms with Gasteiger partial charge < -0.3 is 10.6 Å². The van der Waals surface area contributed by atoms with Crippen LogP contribution in [0.15, 0.2) is 18.2 Å². The van der Waals surface area contributed by atoms with E-state index in [4.69, 9.17) is 0 Å². The minimum Gasteiger partial charge on any atom is -0.326 e. The van der Waals surface area contributed by atoms with Crippen LogP contribution >= 0.6 is 0 Å². The Kier molecular flexibility index (Phi) is 3.24. The largest absolute Gasteiger partial charge is 0.326 e. The summed E-state index contributed by atoms with van der Waals surface area (Å²) in [6.07, 6.45) is 3.41. The SMILES string of the molecule is CC(=O)Nc1cc(NC(=O)C2CC3CC3C2)ccc1C. The van der Waals surface area contributed by atoms with E-state index < -0.39 is 0 Å². The highest BCUT2D eigenvalue weighted by atomic mass is 16.2. The predicted octanol–water partition coefficient (Wildman–Crippen LogP) is 2.94. The molecule has 2 aliphatic carbocycles. The number of rotatable bonds is 3. The number of benzene rings is 1. The van der Waals surface area contributed by atoms with Crippen LogP contribution in [-0.2, 0) is 9.59 Å². The molecule has 2 unspecified atom stereocenters. The lowest BCUT2D eigenvalue weighted by molar-refractivity contribution is -0.120. The molecule has 0 bridgehead atoms. The minimum absolute atomic E-state index is 0.104. The maximum atomic E-state index is 12.2. The summed E-state index contributed by atoms with van der Waals surface area (Å²) >= 11 is 0. The molecule has 0 spiro atoms. The lowest BCUT2D eigenvalue weighted by Crippen LogP contribution is -2.21. The summed E-state index contributed by atoms with van der Waals surface area (Å²) < 4.78 is 0. The second-order valence-electron chi connectivity index (χ2n) is 6.12. The summed E-state index contributed by atoms with van der Waals surface area (Å²) in [5, 5.41) is 5.76. The Balaban J connectivity index is 1.67. The number of aryl methyl sites for hydroxylation is 1. The second-order valence-corrected chi connectivity index (χ2v) is 6.12. The first kappa shape index (κ1) is 13.2. The van der Waals surface area contributed by atoms with Gasteiger partial charge in [-0.3, -0.25) is 9.59 Å². The first-order valence-corrected chi connectivity index (χ1v) is 7.22. The fourth-order valence-corrected chi connectivity index (χ4v) is 3.20. The Labute approximate surface area is 118 Å². The van der Waals surface area contributed by atoms with E-state index in [1.165, 1.54) is 13.3 Å². The van der Waals surface area contributed by atoms with Crippen LogP contribution in [0.25, 0.3) is 0 Å². The molecular formula is C16H20N2O2. The topological polar surface area (TPSA) is 58.2 Å². The monoisotopic (exact) mass is 272 g/mol. The van der Waals surface area contributed by atoms with E-state index in [9.17, 15) is 9.59 Å². The molecule has 2 saturated carbocycles. The van der Waals surface area contributed by atoms with Crippen LogP contribution in [0.3, 0.4) is 0 Å². The molecule has 2 amide bonds. The first-order valence-electron chi connectivity index (χ1n) is 7.22. The van der Waals surface area contributed by atoms with Crippen molar-refractivity contribution in [2.75, 3.05) is 10.6 Å². The molecule has 3 rings (SSSR count). The van der Waals surface area contributed by atoms with Crippen LogP contribution in [0.1, 0.15) is 31.7 Å². The van der Waals surface area contributed by atoms with E-state index in [0.717, 1.165) is 41.6 Å². The molecule has 0 aromatic heterocycles. The standard InChI is InChI=1S/C16H20N2O2/c1-9-3-4-14(8-15(9)17-10(2)19)18-16(20)13-6-11-5-12(11)7-13/h3-4,8,11-13H,5-7H2,1-2H3,(H,17,19)(H,18,20). The van der Waals surface area contributed by atoms with Gasteiger partial charge in [0.25, 0.3) is 0 Å². The number of amides is 2. The molecular weight excluding hydrogens is 252 g/mol. The normalized spacial score (nSPS) is 26.8. The van der Waals surface area contributed by atoms with Gasteiger partial charge in [0.2, 0.25) is 11.8 Å². The lowest BCUT2D eigenvalue weighted by Gasteiger charge is -2.14. The third kappa shape index (κ3) is 2.69. The Morgan fingerprint density at radius 2 is 1.80 bits per heavy atom. The second kappa shape index (κ2) is 4.93. The highest BCUT2D eigenvalue weighted by Crippen LogP contribution is 2.54. The number of hydrogen-bond acceptors (Lipinski definition) is 2. The Morgan fingerprint density at radius 1 is 1.10 bits per heavy atom. The molecule has 1 aromatic rings. The molecule has 0 saturated heterocycles. The number of hydrogen-bond donors (Lipinski definition) is 2. The Hall–Kier alpha value is -1.84. The number of carbonyl (C=O) groups excluding carboxylic acids is 2. The van der Waals surface area contributed by atoms with Gasteiger partial charge in [-0.05, 0) is 55.7 Å². The quantitative estimate of drug-likeness (QED) is 0.888. The summed E-state index contributed by atoms with van der Waals surface area (Å²) in [5.74, 6) is 1.80. The van der Waals surface area contributed by atoms with E-state index in [0.29, 0.717) is 0 Å². The Bertz CT molecular complexity index is 558. The zero-order valence-corrected chi connectivity index (χ0v) is 11.9. The molecule has 106 valence electrons. The number of anilines is 2. The van der Waals surface area contributed by atoms with Gasteiger partial charge in [0.15, 0.2) is 0 Å². The summed E-state index contributed by atoms with van der Waals surface area (Å²) in [4.78, 5) is 23.4. The molecule has 0 radical (unpaired) electrons. The van der Waals surface area contributed by atoms with Gasteiger partial charge in [0.1, 0.15) is 0 Å². The van der Waals surface area contributed by atoms with Gasteiger partial charge in [0.05, 0.1) is 0 Å². The van der Waals surface area contributed by atoms with Crippen molar-refractivity contribution in [3.8, 4) is 0 Å². The minimum atomic E-state index is -0.104. The number of fused-ring (bicyclic) bond motifs is 1. The van der Waals surface area contributed by atoms with Crippen molar-refractivity contribution in [1.29, 1.82) is 0 Å². The van der Waals surface area contributed by atoms with Gasteiger partial charge in [-0.1, -0.05) is 6.07 Å². The predicted molar refractivity (Wildman–Crippen MR) is 78.4 cm³/mol. The molecule has 1 aromatic carbocycles. The lowest BCUT2D eigenvalue weighted by atomic mass is 10.0. The maximum Gasteiger partial charge on any atom is 0.227 e. The molecule has 2 N–H and O–H groups in total. The highest BCUT2D eigenvalue weighted by Gasteiger charge is 2.47. The van der Waals surface area contributed by atoms with Gasteiger partial charge in [-0.2, -0.15) is 0 Å². The molecule has 0 aliphatic heterocycles. The average Bonchev–Trinajstić information content (AvgIpc) is 2.99. The van der Waals surface area contributed by atoms with E-state index in [-0.39, 0.29) is 17.7 Å². The summed E-state index contributed by atoms with van der Waals surface area (Å²) in [6, 6.07) is 5.62. The van der Waals surface area contributed by atoms with Crippen molar-refractivity contribution in [3.05, 3.63) is 23.8 Å². The summed E-state index contributed by atoms with van der Waals surface area (Å²) in [5.41, 5.74) is 2.50. The van der Waals surface area contributed by atoms with Gasteiger partial charge in [-0.15, -0.1) is 0 Å². The molecule has 2 fully saturated rings. The molecule has 20 heavy (non-hydrogen) atoms. The molecule has 0 heterocycles. The summed E-state index contributed by atoms with van der Waals surface area (Å²) in [6.45, 7) is 3.41. The molecule has 2 aliphatic rings. The number of carbonyl (C=O) groups is 2. The van der Waals surface area contributed by atoms with Crippen molar-refractivity contribution in [1.82, 2.24) is 0 Å². The molecule has 2 atom stereocenters. The van der Waals surface area contributed by atoms with Crippen LogP contribution in [0.2, 0.25) is 0 Å². The highest BCUT2D eigenvalue weighted by molar-refractivity contribution is 5.95. The van der Waals surface area contributed by atoms with Crippen molar-refractivity contribution in [3.63, 3.8) is 0 Å². The smallest absolute Gasteiger partial charge is 0.227 e.